The van der Waals surface area contributed by atoms with E-state index in [1.165, 1.54) is 77.0 Å². The number of aliphatic carboxylic acids is 1. The lowest BCUT2D eigenvalue weighted by molar-refractivity contribution is -0.870. The normalized spacial score (nSPS) is 13.9. The van der Waals surface area contributed by atoms with E-state index in [4.69, 9.17) is 18.9 Å². The molecule has 0 saturated heterocycles. The minimum absolute atomic E-state index is 0.133. The Balaban J connectivity index is 4.20. The van der Waals surface area contributed by atoms with Crippen molar-refractivity contribution in [1.29, 1.82) is 0 Å². The predicted octanol–water partition coefficient (Wildman–Crippen LogP) is 23.4. The number of allylic oxidation sites excluding steroid dienone is 34. The van der Waals surface area contributed by atoms with Crippen LogP contribution in [0.25, 0.3) is 0 Å². The molecule has 0 amide bonds. The summed E-state index contributed by atoms with van der Waals surface area (Å²) >= 11 is 0. The largest absolute Gasteiger partial charge is 0.545 e. The molecule has 0 aromatic heterocycles. The summed E-state index contributed by atoms with van der Waals surface area (Å²) in [5.41, 5.74) is 0. The van der Waals surface area contributed by atoms with E-state index in [0.29, 0.717) is 17.4 Å². The van der Waals surface area contributed by atoms with E-state index in [9.17, 15) is 19.5 Å². The number of nitrogens with zero attached hydrogens (tertiary/aromatic N) is 1. The van der Waals surface area contributed by atoms with Gasteiger partial charge in [-0.1, -0.05) is 317 Å². The van der Waals surface area contributed by atoms with E-state index >= 15 is 0 Å². The quantitative estimate of drug-likeness (QED) is 0.0195. The van der Waals surface area contributed by atoms with Gasteiger partial charge < -0.3 is 33.3 Å². The van der Waals surface area contributed by atoms with Gasteiger partial charge in [0.1, 0.15) is 13.2 Å². The Kier molecular flexibility index (Phi) is 70.9. The zero-order chi connectivity index (χ0) is 70.4. The lowest BCUT2D eigenvalue weighted by atomic mass is 10.0. The molecule has 0 heterocycles. The van der Waals surface area contributed by atoms with Gasteiger partial charge in [0, 0.05) is 12.8 Å². The van der Waals surface area contributed by atoms with Gasteiger partial charge in [0.15, 0.2) is 12.4 Å². The highest BCUT2D eigenvalue weighted by Gasteiger charge is 2.22. The van der Waals surface area contributed by atoms with Gasteiger partial charge in [0.25, 0.3) is 0 Å². The zero-order valence-corrected chi connectivity index (χ0v) is 62.1. The summed E-state index contributed by atoms with van der Waals surface area (Å²) in [5.74, 6) is -2.33. The first-order chi connectivity index (χ1) is 47.6. The van der Waals surface area contributed by atoms with E-state index in [-0.39, 0.29) is 38.6 Å². The number of carbonyl (C=O) groups excluding carboxylic acids is 3. The molecule has 0 fully saturated rings. The minimum Gasteiger partial charge on any atom is -0.545 e. The number of likely N-dealkylation sites (N-methyl/N-ethyl adjacent to an activating group) is 1. The Morgan fingerprint density at radius 1 is 0.309 bits per heavy atom. The average Bonchev–Trinajstić information content (AvgIpc) is 2.39. The number of hydrogen-bond acceptors (Lipinski definition) is 8. The Morgan fingerprint density at radius 2 is 0.557 bits per heavy atom. The maximum atomic E-state index is 13.0. The van der Waals surface area contributed by atoms with Crippen molar-refractivity contribution in [3.05, 3.63) is 207 Å². The molecular weight excluding hydrogens is 1200 g/mol. The molecule has 0 N–H and O–H groups in total. The first-order valence-electron chi connectivity index (χ1n) is 38.2. The highest BCUT2D eigenvalue weighted by molar-refractivity contribution is 5.70. The summed E-state index contributed by atoms with van der Waals surface area (Å²) in [4.78, 5) is 37.6. The lowest BCUT2D eigenvalue weighted by Gasteiger charge is -2.26. The number of hydrogen-bond donors (Lipinski definition) is 0. The third-order valence-electron chi connectivity index (χ3n) is 15.5. The molecule has 2 atom stereocenters. The highest BCUT2D eigenvalue weighted by Crippen LogP contribution is 2.16. The zero-order valence-electron chi connectivity index (χ0n) is 62.1. The molecule has 97 heavy (non-hydrogen) atoms. The number of unbranched alkanes of at least 4 members (excludes halogenated alkanes) is 19. The van der Waals surface area contributed by atoms with Gasteiger partial charge in [-0.25, -0.2) is 0 Å². The van der Waals surface area contributed by atoms with Gasteiger partial charge in [-0.3, -0.25) is 9.59 Å². The van der Waals surface area contributed by atoms with E-state index in [1.807, 2.05) is 21.1 Å². The fraction of sp³-hybridized carbons (Fsp3) is 0.580. The molecule has 2 unspecified atom stereocenters. The van der Waals surface area contributed by atoms with Crippen molar-refractivity contribution in [2.75, 3.05) is 47.5 Å². The maximum Gasteiger partial charge on any atom is 0.306 e. The van der Waals surface area contributed by atoms with Gasteiger partial charge in [-0.05, 0) is 148 Å². The molecule has 0 aromatic carbocycles. The van der Waals surface area contributed by atoms with Gasteiger partial charge in [-0.2, -0.15) is 0 Å². The second-order valence-corrected chi connectivity index (χ2v) is 25.8. The van der Waals surface area contributed by atoms with Crippen LogP contribution in [0.4, 0.5) is 0 Å². The number of esters is 2. The summed E-state index contributed by atoms with van der Waals surface area (Å²) in [6.45, 7) is 4.48. The average molecular weight is 1340 g/mol. The number of carboxylic acids is 1. The molecule has 0 aliphatic rings. The fourth-order valence-electron chi connectivity index (χ4n) is 9.78. The van der Waals surface area contributed by atoms with E-state index in [2.05, 4.69) is 220 Å². The van der Waals surface area contributed by atoms with Crippen LogP contribution < -0.4 is 5.11 Å². The van der Waals surface area contributed by atoms with Gasteiger partial charge in [0.2, 0.25) is 0 Å². The SMILES string of the molecule is CC/C=C\C/C=C\C/C=C\C/C=C\C/C=C\C/C=C\C/C=C\C/C=C\C/C=C\C/C=C\C/C=C\CCCCCCCC(=O)OC(COC(=O)CCCCCCCCCCCCCCCC/C=C\C/C=C\C/C=C\C/C=C\C/C=C\C/C=C\CC)COC(OCC[N+](C)(C)C)C(=O)[O-]. The number of quaternary nitrogens is 1. The van der Waals surface area contributed by atoms with Crippen LogP contribution >= 0.6 is 0 Å². The van der Waals surface area contributed by atoms with Crippen LogP contribution in [-0.2, 0) is 33.3 Å². The summed E-state index contributed by atoms with van der Waals surface area (Å²) in [5, 5.41) is 11.9. The molecule has 544 valence electrons. The number of carboxylic acid groups (broad SMARTS) is 1. The van der Waals surface area contributed by atoms with Crippen LogP contribution in [0.15, 0.2) is 207 Å². The summed E-state index contributed by atoms with van der Waals surface area (Å²) in [7, 11) is 5.91. The molecule has 0 aromatic rings. The van der Waals surface area contributed by atoms with Crippen molar-refractivity contribution in [3.63, 3.8) is 0 Å². The van der Waals surface area contributed by atoms with Gasteiger partial charge >= 0.3 is 11.9 Å². The smallest absolute Gasteiger partial charge is 0.306 e. The maximum absolute atomic E-state index is 13.0. The molecule has 0 bridgehead atoms. The summed E-state index contributed by atoms with van der Waals surface area (Å²) in [6, 6.07) is 0. The summed E-state index contributed by atoms with van der Waals surface area (Å²) < 4.78 is 22.8. The molecular formula is C88H139NO8. The van der Waals surface area contributed by atoms with Crippen molar-refractivity contribution in [1.82, 2.24) is 0 Å². The van der Waals surface area contributed by atoms with Crippen molar-refractivity contribution in [2.45, 2.75) is 283 Å². The van der Waals surface area contributed by atoms with E-state index in [0.717, 1.165) is 161 Å². The molecule has 0 aliphatic heterocycles. The second kappa shape index (κ2) is 75.6. The Bertz CT molecular complexity index is 2350. The lowest BCUT2D eigenvalue weighted by Crippen LogP contribution is -2.44. The number of carbonyl (C=O) groups is 3. The fourth-order valence-corrected chi connectivity index (χ4v) is 9.78. The third-order valence-corrected chi connectivity index (χ3v) is 15.5. The first-order valence-corrected chi connectivity index (χ1v) is 38.2. The highest BCUT2D eigenvalue weighted by atomic mass is 16.7. The van der Waals surface area contributed by atoms with Crippen molar-refractivity contribution in [2.24, 2.45) is 0 Å². The van der Waals surface area contributed by atoms with E-state index in [1.54, 1.807) is 0 Å². The van der Waals surface area contributed by atoms with Crippen LogP contribution in [0.1, 0.15) is 271 Å². The van der Waals surface area contributed by atoms with Gasteiger partial charge in [-0.15, -0.1) is 0 Å². The van der Waals surface area contributed by atoms with E-state index < -0.39 is 24.3 Å². The van der Waals surface area contributed by atoms with Crippen LogP contribution in [0.5, 0.6) is 0 Å². The predicted molar refractivity (Wildman–Crippen MR) is 416 cm³/mol. The Hall–Kier alpha value is -6.13. The molecule has 0 aliphatic carbocycles. The van der Waals surface area contributed by atoms with Crippen LogP contribution in [-0.4, -0.2) is 82.3 Å². The molecule has 0 radical (unpaired) electrons. The van der Waals surface area contributed by atoms with Crippen LogP contribution in [0, 0.1) is 0 Å². The van der Waals surface area contributed by atoms with Crippen molar-refractivity contribution >= 4 is 17.9 Å². The Morgan fingerprint density at radius 3 is 0.825 bits per heavy atom. The first kappa shape index (κ1) is 90.9. The molecule has 9 nitrogen and oxygen atoms in total. The Labute approximate surface area is 594 Å². The summed E-state index contributed by atoms with van der Waals surface area (Å²) in [6.07, 6.45) is 115. The topological polar surface area (TPSA) is 111 Å². The third kappa shape index (κ3) is 77.1. The molecule has 0 saturated carbocycles. The van der Waals surface area contributed by atoms with Crippen molar-refractivity contribution in [3.8, 4) is 0 Å². The molecule has 0 spiro atoms. The minimum atomic E-state index is -1.64. The monoisotopic (exact) mass is 1340 g/mol. The van der Waals surface area contributed by atoms with Gasteiger partial charge in [0.05, 0.1) is 40.3 Å². The molecule has 9 heteroatoms. The van der Waals surface area contributed by atoms with Crippen LogP contribution in [0.3, 0.4) is 0 Å². The number of ether oxygens (including phenoxy) is 4. The second-order valence-electron chi connectivity index (χ2n) is 25.8. The molecule has 0 rings (SSSR count). The standard InChI is InChI=1S/C88H139NO8/c1-6-8-10-12-14-16-18-20-22-24-26-28-30-32-34-36-38-40-41-42-43-44-45-47-49-51-53-55-57-59-61-63-65-67-69-71-73-75-77-79-86(91)97-84(83-96-88(87(92)93)94-81-80-89(3,4)5)82-95-85(90)78-76-74-72-70-68-66-64-62-60-58-56-54-52-50-48-46-39-37-35-33-31-29-27-25-23-21-19-17-15-13-11-9-7-2/h8-11,14-17,20-23,26-29,32-35,38-40,42-43,45-47,51,53,57,59,63,65,84,88H,6-7,12-13,18-19,24-25,30-31,36-37,41,44,48-50,52,54-56,58,60-62,64,66-83H2,1-5H3/b10-8-,11-9-,16-14-,17-15-,22-20-,23-21-,28-26-,29-27-,34-32-,35-33-,40-38-,43-42-,46-39-,47-45-,53-51-,59-57-,65-63-. The van der Waals surface area contributed by atoms with Crippen LogP contribution in [0.2, 0.25) is 0 Å². The van der Waals surface area contributed by atoms with Crippen molar-refractivity contribution < 1.29 is 42.9 Å². The number of rotatable bonds is 68.